The molecule has 3 amide bonds. The van der Waals surface area contributed by atoms with Crippen LogP contribution in [0.1, 0.15) is 20.8 Å². The Morgan fingerprint density at radius 3 is 1.81 bits per heavy atom. The summed E-state index contributed by atoms with van der Waals surface area (Å²) in [5.74, 6) is -0.144. The highest BCUT2D eigenvalue weighted by molar-refractivity contribution is 7.90. The maximum Gasteiger partial charge on any atom is 0.333 e. The molecule has 0 aromatic heterocycles. The van der Waals surface area contributed by atoms with Crippen molar-refractivity contribution in [3.8, 4) is 0 Å². The summed E-state index contributed by atoms with van der Waals surface area (Å²) in [7, 11) is -4.01. The van der Waals surface area contributed by atoms with Gasteiger partial charge in [0.05, 0.1) is 4.90 Å². The van der Waals surface area contributed by atoms with Crippen molar-refractivity contribution in [2.24, 2.45) is 5.41 Å². The average molecular weight is 410 g/mol. The molecule has 0 fully saturated rings. The van der Waals surface area contributed by atoms with Crippen LogP contribution in [0.25, 0.3) is 0 Å². The van der Waals surface area contributed by atoms with Crippen LogP contribution in [0, 0.1) is 5.41 Å². The number of amides is 3. The minimum Gasteiger partial charge on any atom is -0.326 e. The summed E-state index contributed by atoms with van der Waals surface area (Å²) in [6.07, 6.45) is 0. The van der Waals surface area contributed by atoms with Gasteiger partial charge in [0.25, 0.3) is 10.0 Å². The van der Waals surface area contributed by atoms with Gasteiger partial charge in [0.15, 0.2) is 0 Å². The predicted octanol–water partition coefficient (Wildman–Crippen LogP) is 3.84. The van der Waals surface area contributed by atoms with Crippen LogP contribution >= 0.6 is 11.6 Å². The number of halogens is 1. The Morgan fingerprint density at radius 1 is 0.852 bits per heavy atom. The third-order valence-corrected chi connectivity index (χ3v) is 5.03. The lowest BCUT2D eigenvalue weighted by atomic mass is 9.95. The van der Waals surface area contributed by atoms with E-state index in [0.29, 0.717) is 16.4 Å². The lowest BCUT2D eigenvalue weighted by molar-refractivity contribution is -0.123. The highest BCUT2D eigenvalue weighted by atomic mass is 35.5. The minimum absolute atomic E-state index is 0.0812. The van der Waals surface area contributed by atoms with E-state index in [4.69, 9.17) is 11.6 Å². The number of benzene rings is 2. The first-order valence-electron chi connectivity index (χ1n) is 7.98. The highest BCUT2D eigenvalue weighted by Crippen LogP contribution is 2.19. The molecule has 9 heteroatoms. The number of anilines is 2. The normalized spacial score (nSPS) is 11.6. The Morgan fingerprint density at radius 2 is 1.33 bits per heavy atom. The van der Waals surface area contributed by atoms with Crippen molar-refractivity contribution in [2.45, 2.75) is 25.7 Å². The number of rotatable bonds is 4. The molecule has 3 N–H and O–H groups in total. The molecule has 2 rings (SSSR count). The molecule has 0 heterocycles. The molecular formula is C18H20ClN3O4S. The Kier molecular flexibility index (Phi) is 6.12. The van der Waals surface area contributed by atoms with E-state index in [-0.39, 0.29) is 10.8 Å². The maximum atomic E-state index is 12.2. The highest BCUT2D eigenvalue weighted by Gasteiger charge is 2.21. The molecule has 0 radical (unpaired) electrons. The Labute approximate surface area is 163 Å². The van der Waals surface area contributed by atoms with E-state index >= 15 is 0 Å². The van der Waals surface area contributed by atoms with Gasteiger partial charge >= 0.3 is 6.03 Å². The summed E-state index contributed by atoms with van der Waals surface area (Å²) < 4.78 is 26.2. The van der Waals surface area contributed by atoms with E-state index in [2.05, 4.69) is 10.6 Å². The zero-order valence-electron chi connectivity index (χ0n) is 15.0. The van der Waals surface area contributed by atoms with Crippen LogP contribution in [-0.2, 0) is 14.8 Å². The van der Waals surface area contributed by atoms with E-state index in [0.717, 1.165) is 0 Å². The summed E-state index contributed by atoms with van der Waals surface area (Å²) in [5.41, 5.74) is 0.398. The van der Waals surface area contributed by atoms with Crippen LogP contribution in [0.15, 0.2) is 53.4 Å². The van der Waals surface area contributed by atoms with Crippen LogP contribution in [0.2, 0.25) is 5.02 Å². The van der Waals surface area contributed by atoms with Crippen LogP contribution in [0.3, 0.4) is 0 Å². The Bertz CT molecular complexity index is 934. The van der Waals surface area contributed by atoms with E-state index in [1.807, 2.05) is 4.72 Å². The molecule has 7 nitrogen and oxygen atoms in total. The zero-order valence-corrected chi connectivity index (χ0v) is 16.6. The van der Waals surface area contributed by atoms with Crippen molar-refractivity contribution >= 4 is 44.9 Å². The molecular weight excluding hydrogens is 390 g/mol. The molecule has 0 saturated carbocycles. The monoisotopic (exact) mass is 409 g/mol. The number of carbonyl (C=O) groups is 2. The molecule has 0 aliphatic carbocycles. The van der Waals surface area contributed by atoms with Gasteiger partial charge in [-0.25, -0.2) is 17.9 Å². The van der Waals surface area contributed by atoms with Gasteiger partial charge in [0, 0.05) is 21.8 Å². The molecule has 27 heavy (non-hydrogen) atoms. The minimum atomic E-state index is -4.01. The molecule has 2 aromatic carbocycles. The molecule has 0 unspecified atom stereocenters. The third kappa shape index (κ3) is 5.97. The molecule has 144 valence electrons. The topological polar surface area (TPSA) is 104 Å². The fraction of sp³-hybridized carbons (Fsp3) is 0.222. The number of sulfonamides is 1. The zero-order chi connectivity index (χ0) is 20.2. The molecule has 0 aliphatic heterocycles. The molecule has 0 spiro atoms. The summed E-state index contributed by atoms with van der Waals surface area (Å²) in [4.78, 5) is 23.8. The average Bonchev–Trinajstić information content (AvgIpc) is 2.55. The Balaban J connectivity index is 1.99. The largest absolute Gasteiger partial charge is 0.333 e. The van der Waals surface area contributed by atoms with Gasteiger partial charge in [0.2, 0.25) is 5.91 Å². The van der Waals surface area contributed by atoms with Crippen LogP contribution in [-0.4, -0.2) is 20.4 Å². The van der Waals surface area contributed by atoms with Crippen molar-refractivity contribution in [1.82, 2.24) is 4.72 Å². The lowest BCUT2D eigenvalue weighted by Crippen LogP contribution is -2.34. The van der Waals surface area contributed by atoms with Gasteiger partial charge in [-0.3, -0.25) is 4.79 Å². The SMILES string of the molecule is CC(C)(C)C(=O)Nc1ccc(NC(=O)NS(=O)(=O)c2ccc(Cl)cc2)cc1. The second kappa shape index (κ2) is 7.98. The van der Waals surface area contributed by atoms with Crippen molar-refractivity contribution < 1.29 is 18.0 Å². The van der Waals surface area contributed by atoms with Crippen LogP contribution < -0.4 is 15.4 Å². The number of hydrogen-bond donors (Lipinski definition) is 3. The number of nitrogens with one attached hydrogen (secondary N) is 3. The van der Waals surface area contributed by atoms with E-state index in [9.17, 15) is 18.0 Å². The second-order valence-corrected chi connectivity index (χ2v) is 8.91. The van der Waals surface area contributed by atoms with Crippen molar-refractivity contribution in [3.63, 3.8) is 0 Å². The van der Waals surface area contributed by atoms with Gasteiger partial charge in [-0.2, -0.15) is 0 Å². The first-order chi connectivity index (χ1) is 12.5. The van der Waals surface area contributed by atoms with Crippen molar-refractivity contribution in [2.75, 3.05) is 10.6 Å². The van der Waals surface area contributed by atoms with E-state index < -0.39 is 21.5 Å². The second-order valence-electron chi connectivity index (χ2n) is 6.80. The molecule has 0 aliphatic rings. The molecule has 0 saturated heterocycles. The first kappa shape index (κ1) is 20.7. The van der Waals surface area contributed by atoms with Gasteiger partial charge in [-0.05, 0) is 48.5 Å². The Hall–Kier alpha value is -2.58. The third-order valence-electron chi connectivity index (χ3n) is 3.43. The van der Waals surface area contributed by atoms with Gasteiger partial charge < -0.3 is 10.6 Å². The van der Waals surface area contributed by atoms with Crippen LogP contribution in [0.5, 0.6) is 0 Å². The quantitative estimate of drug-likeness (QED) is 0.713. The number of urea groups is 1. The lowest BCUT2D eigenvalue weighted by Gasteiger charge is -2.17. The maximum absolute atomic E-state index is 12.2. The summed E-state index contributed by atoms with van der Waals surface area (Å²) in [6.45, 7) is 5.39. The first-order valence-corrected chi connectivity index (χ1v) is 9.84. The van der Waals surface area contributed by atoms with Crippen molar-refractivity contribution in [1.29, 1.82) is 0 Å². The molecule has 0 atom stereocenters. The van der Waals surface area contributed by atoms with Gasteiger partial charge in [0.1, 0.15) is 0 Å². The fourth-order valence-corrected chi connectivity index (χ4v) is 2.94. The predicted molar refractivity (Wildman–Crippen MR) is 105 cm³/mol. The number of carbonyl (C=O) groups excluding carboxylic acids is 2. The van der Waals surface area contributed by atoms with Crippen LogP contribution in [0.4, 0.5) is 16.2 Å². The van der Waals surface area contributed by atoms with E-state index in [1.54, 1.807) is 45.0 Å². The fourth-order valence-electron chi connectivity index (χ4n) is 1.91. The summed E-state index contributed by atoms with van der Waals surface area (Å²) >= 11 is 5.72. The van der Waals surface area contributed by atoms with Gasteiger partial charge in [-0.1, -0.05) is 32.4 Å². The molecule has 2 aromatic rings. The van der Waals surface area contributed by atoms with E-state index in [1.165, 1.54) is 24.3 Å². The smallest absolute Gasteiger partial charge is 0.326 e. The summed E-state index contributed by atoms with van der Waals surface area (Å²) in [5, 5.41) is 5.56. The molecule has 0 bridgehead atoms. The standard InChI is InChI=1S/C18H20ClN3O4S/c1-18(2,3)16(23)20-13-6-8-14(9-7-13)21-17(24)22-27(25,26)15-10-4-12(19)5-11-15/h4-11H,1-3H3,(H,20,23)(H2,21,22,24). The summed E-state index contributed by atoms with van der Waals surface area (Å²) in [6, 6.07) is 10.8. The number of hydrogen-bond acceptors (Lipinski definition) is 4. The van der Waals surface area contributed by atoms with Crippen molar-refractivity contribution in [3.05, 3.63) is 53.6 Å². The van der Waals surface area contributed by atoms with Gasteiger partial charge in [-0.15, -0.1) is 0 Å².